The fraction of sp³-hybridized carbons (Fsp3) is 0.684. The molecule has 1 N–H and O–H groups in total. The Balaban J connectivity index is 1.48. The Morgan fingerprint density at radius 2 is 1.76 bits per heavy atom. The quantitative estimate of drug-likeness (QED) is 0.753. The molecule has 0 bridgehead atoms. The van der Waals surface area contributed by atoms with Gasteiger partial charge in [0.25, 0.3) is 0 Å². The Labute approximate surface area is 134 Å². The molecular formula is C19H28ClN. The molecule has 3 rings (SSSR count). The van der Waals surface area contributed by atoms with E-state index in [4.69, 9.17) is 11.6 Å². The second kappa shape index (κ2) is 7.15. The number of nitrogens with one attached hydrogen (secondary N) is 1. The third-order valence-electron chi connectivity index (χ3n) is 5.59. The largest absolute Gasteiger partial charge is 0.311 e. The van der Waals surface area contributed by atoms with Crippen LogP contribution in [0.4, 0.5) is 0 Å². The van der Waals surface area contributed by atoms with Crippen LogP contribution in [0.15, 0.2) is 24.3 Å². The van der Waals surface area contributed by atoms with Gasteiger partial charge in [-0.25, -0.2) is 0 Å². The fourth-order valence-corrected chi connectivity index (χ4v) is 4.31. The molecule has 1 unspecified atom stereocenters. The van der Waals surface area contributed by atoms with Crippen LogP contribution in [-0.2, 0) is 0 Å². The van der Waals surface area contributed by atoms with E-state index in [0.717, 1.165) is 28.9 Å². The predicted molar refractivity (Wildman–Crippen MR) is 91.0 cm³/mol. The van der Waals surface area contributed by atoms with Crippen LogP contribution in [0.1, 0.15) is 69.8 Å². The van der Waals surface area contributed by atoms with Crippen molar-refractivity contribution in [3.8, 4) is 0 Å². The molecule has 1 aromatic carbocycles. The lowest BCUT2D eigenvalue weighted by Crippen LogP contribution is -2.48. The van der Waals surface area contributed by atoms with Gasteiger partial charge in [-0.3, -0.25) is 0 Å². The topological polar surface area (TPSA) is 12.0 Å². The number of benzene rings is 1. The minimum absolute atomic E-state index is 0.734. The summed E-state index contributed by atoms with van der Waals surface area (Å²) in [4.78, 5) is 0. The maximum absolute atomic E-state index is 5.97. The van der Waals surface area contributed by atoms with E-state index in [1.54, 1.807) is 0 Å². The van der Waals surface area contributed by atoms with Crippen molar-refractivity contribution in [2.75, 3.05) is 0 Å². The van der Waals surface area contributed by atoms with Crippen LogP contribution in [0.5, 0.6) is 0 Å². The van der Waals surface area contributed by atoms with Crippen LogP contribution in [0.2, 0.25) is 5.02 Å². The molecule has 0 heterocycles. The lowest BCUT2D eigenvalue weighted by Gasteiger charge is -2.41. The average Bonchev–Trinajstić information content (AvgIpc) is 2.49. The number of hydrogen-bond acceptors (Lipinski definition) is 1. The van der Waals surface area contributed by atoms with Gasteiger partial charge in [0.2, 0.25) is 0 Å². The standard InChI is InChI=1S/C19H28ClN/c1-2-19(15-6-4-3-5-7-15)21-18-12-16(13-18)14-8-10-17(20)11-9-14/h8-11,15-16,18-19,21H,2-7,12-13H2,1H3. The minimum atomic E-state index is 0.734. The first-order valence-corrected chi connectivity index (χ1v) is 9.15. The predicted octanol–water partition coefficient (Wildman–Crippen LogP) is 5.53. The van der Waals surface area contributed by atoms with Crippen LogP contribution in [0.25, 0.3) is 0 Å². The summed E-state index contributed by atoms with van der Waals surface area (Å²) in [6.45, 7) is 2.35. The summed E-state index contributed by atoms with van der Waals surface area (Å²) in [6.07, 6.45) is 11.1. The highest BCUT2D eigenvalue weighted by Crippen LogP contribution is 2.38. The molecule has 0 aliphatic heterocycles. The molecule has 1 nitrogen and oxygen atoms in total. The molecule has 116 valence electrons. The van der Waals surface area contributed by atoms with Crippen LogP contribution in [0.3, 0.4) is 0 Å². The molecule has 0 aromatic heterocycles. The fourth-order valence-electron chi connectivity index (χ4n) is 4.19. The van der Waals surface area contributed by atoms with Crippen molar-refractivity contribution in [3.05, 3.63) is 34.9 Å². The van der Waals surface area contributed by atoms with E-state index in [-0.39, 0.29) is 0 Å². The van der Waals surface area contributed by atoms with E-state index in [1.165, 1.54) is 56.9 Å². The van der Waals surface area contributed by atoms with E-state index >= 15 is 0 Å². The van der Waals surface area contributed by atoms with Gasteiger partial charge in [-0.2, -0.15) is 0 Å². The molecule has 2 aliphatic rings. The molecule has 2 fully saturated rings. The monoisotopic (exact) mass is 305 g/mol. The van der Waals surface area contributed by atoms with Crippen molar-refractivity contribution in [2.24, 2.45) is 5.92 Å². The molecule has 2 aliphatic carbocycles. The maximum Gasteiger partial charge on any atom is 0.0406 e. The SMILES string of the molecule is CCC(NC1CC(c2ccc(Cl)cc2)C1)C1CCCCC1. The summed E-state index contributed by atoms with van der Waals surface area (Å²) >= 11 is 5.97. The second-order valence-corrected chi connectivity index (χ2v) is 7.43. The zero-order chi connectivity index (χ0) is 14.7. The molecule has 0 radical (unpaired) electrons. The van der Waals surface area contributed by atoms with Crippen molar-refractivity contribution >= 4 is 11.6 Å². The van der Waals surface area contributed by atoms with Gasteiger partial charge in [-0.05, 0) is 61.6 Å². The molecular weight excluding hydrogens is 278 g/mol. The molecule has 21 heavy (non-hydrogen) atoms. The summed E-state index contributed by atoms with van der Waals surface area (Å²) in [5.41, 5.74) is 1.46. The van der Waals surface area contributed by atoms with Gasteiger partial charge in [0, 0.05) is 17.1 Å². The third-order valence-corrected chi connectivity index (χ3v) is 5.84. The number of rotatable bonds is 5. The highest BCUT2D eigenvalue weighted by Gasteiger charge is 2.33. The molecule has 0 amide bonds. The van der Waals surface area contributed by atoms with Crippen molar-refractivity contribution in [1.82, 2.24) is 5.32 Å². The van der Waals surface area contributed by atoms with Crippen molar-refractivity contribution in [2.45, 2.75) is 76.3 Å². The Hall–Kier alpha value is -0.530. The minimum Gasteiger partial charge on any atom is -0.311 e. The maximum atomic E-state index is 5.97. The molecule has 0 spiro atoms. The molecule has 2 saturated carbocycles. The van der Waals surface area contributed by atoms with Crippen LogP contribution < -0.4 is 5.32 Å². The first-order chi connectivity index (χ1) is 10.3. The first kappa shape index (κ1) is 15.4. The van der Waals surface area contributed by atoms with Gasteiger partial charge >= 0.3 is 0 Å². The second-order valence-electron chi connectivity index (χ2n) is 7.00. The van der Waals surface area contributed by atoms with Gasteiger partial charge in [0.05, 0.1) is 0 Å². The third kappa shape index (κ3) is 3.81. The van der Waals surface area contributed by atoms with Gasteiger partial charge < -0.3 is 5.32 Å². The lowest BCUT2D eigenvalue weighted by molar-refractivity contribution is 0.197. The van der Waals surface area contributed by atoms with Gasteiger partial charge in [0.1, 0.15) is 0 Å². The Morgan fingerprint density at radius 1 is 1.10 bits per heavy atom. The number of halogens is 1. The smallest absolute Gasteiger partial charge is 0.0406 e. The molecule has 1 atom stereocenters. The van der Waals surface area contributed by atoms with Crippen molar-refractivity contribution in [1.29, 1.82) is 0 Å². The van der Waals surface area contributed by atoms with E-state index in [2.05, 4.69) is 24.4 Å². The van der Waals surface area contributed by atoms with E-state index in [0.29, 0.717) is 0 Å². The lowest BCUT2D eigenvalue weighted by atomic mass is 9.74. The highest BCUT2D eigenvalue weighted by molar-refractivity contribution is 6.30. The van der Waals surface area contributed by atoms with E-state index < -0.39 is 0 Å². The summed E-state index contributed by atoms with van der Waals surface area (Å²) < 4.78 is 0. The summed E-state index contributed by atoms with van der Waals surface area (Å²) in [5.74, 6) is 1.67. The van der Waals surface area contributed by atoms with Gasteiger partial charge in [-0.15, -0.1) is 0 Å². The Bertz CT molecular complexity index is 429. The average molecular weight is 306 g/mol. The van der Waals surface area contributed by atoms with Crippen molar-refractivity contribution < 1.29 is 0 Å². The van der Waals surface area contributed by atoms with Crippen LogP contribution in [0, 0.1) is 5.92 Å². The zero-order valence-electron chi connectivity index (χ0n) is 13.2. The molecule has 0 saturated heterocycles. The van der Waals surface area contributed by atoms with Gasteiger partial charge in [-0.1, -0.05) is 49.9 Å². The molecule has 2 heteroatoms. The van der Waals surface area contributed by atoms with E-state index in [9.17, 15) is 0 Å². The Kier molecular flexibility index (Phi) is 5.24. The van der Waals surface area contributed by atoms with E-state index in [1.807, 2.05) is 12.1 Å². The first-order valence-electron chi connectivity index (χ1n) is 8.77. The Morgan fingerprint density at radius 3 is 2.38 bits per heavy atom. The van der Waals surface area contributed by atoms with Crippen LogP contribution in [-0.4, -0.2) is 12.1 Å². The van der Waals surface area contributed by atoms with Gasteiger partial charge in [0.15, 0.2) is 0 Å². The number of hydrogen-bond donors (Lipinski definition) is 1. The van der Waals surface area contributed by atoms with Crippen LogP contribution >= 0.6 is 11.6 Å². The highest BCUT2D eigenvalue weighted by atomic mass is 35.5. The summed E-state index contributed by atoms with van der Waals surface area (Å²) in [6, 6.07) is 9.92. The molecule has 1 aromatic rings. The zero-order valence-corrected chi connectivity index (χ0v) is 13.9. The summed E-state index contributed by atoms with van der Waals surface area (Å²) in [7, 11) is 0. The normalized spacial score (nSPS) is 28.1. The van der Waals surface area contributed by atoms with Crippen molar-refractivity contribution in [3.63, 3.8) is 0 Å². The summed E-state index contributed by atoms with van der Waals surface area (Å²) in [5, 5.41) is 4.80.